The number of hydrogen-bond acceptors (Lipinski definition) is 0. The molecule has 1 aromatic carbocycles. The van der Waals surface area contributed by atoms with Crippen molar-refractivity contribution in [3.05, 3.63) is 53.1 Å². The molecule has 0 heterocycles. The van der Waals surface area contributed by atoms with Gasteiger partial charge in [-0.25, -0.2) is 0 Å². The molecule has 1 unspecified atom stereocenters. The van der Waals surface area contributed by atoms with Gasteiger partial charge in [0.05, 0.1) is 8.07 Å². The first-order valence-corrected chi connectivity index (χ1v) is 11.3. The van der Waals surface area contributed by atoms with E-state index in [0.717, 1.165) is 5.92 Å². The van der Waals surface area contributed by atoms with E-state index in [1.165, 1.54) is 31.7 Å². The largest absolute Gasteiger partial charge is 0.0846 e. The zero-order valence-corrected chi connectivity index (χ0v) is 14.1. The average molecular weight is 283 g/mol. The lowest BCUT2D eigenvalue weighted by molar-refractivity contribution is 0.636. The summed E-state index contributed by atoms with van der Waals surface area (Å²) in [5, 5.41) is 1.60. The van der Waals surface area contributed by atoms with Gasteiger partial charge in [0.2, 0.25) is 0 Å². The van der Waals surface area contributed by atoms with E-state index in [0.29, 0.717) is 0 Å². The van der Waals surface area contributed by atoms with E-state index in [-0.39, 0.29) is 0 Å². The van der Waals surface area contributed by atoms with Crippen LogP contribution >= 0.6 is 0 Å². The van der Waals surface area contributed by atoms with Crippen molar-refractivity contribution in [3.8, 4) is 0 Å². The van der Waals surface area contributed by atoms with Gasteiger partial charge < -0.3 is 0 Å². The van der Waals surface area contributed by atoms with Crippen molar-refractivity contribution in [2.75, 3.05) is 0 Å². The molecule has 0 bridgehead atoms. The highest BCUT2D eigenvalue weighted by atomic mass is 28.3. The third-order valence-electron chi connectivity index (χ3n) is 5.19. The van der Waals surface area contributed by atoms with E-state index >= 15 is 0 Å². The van der Waals surface area contributed by atoms with Crippen LogP contribution in [-0.2, 0) is 0 Å². The minimum Gasteiger partial charge on any atom is -0.0654 e. The molecular formula is C19H26Si. The van der Waals surface area contributed by atoms with Crippen LogP contribution in [-0.4, -0.2) is 8.07 Å². The summed E-state index contributed by atoms with van der Waals surface area (Å²) in [6.45, 7) is 7.48. The quantitative estimate of drug-likeness (QED) is 0.681. The van der Waals surface area contributed by atoms with Crippen molar-refractivity contribution in [1.29, 1.82) is 0 Å². The van der Waals surface area contributed by atoms with Crippen LogP contribution in [0.1, 0.15) is 32.6 Å². The number of benzene rings is 1. The molecule has 0 radical (unpaired) electrons. The lowest BCUT2D eigenvalue weighted by Crippen LogP contribution is -2.41. The minimum absolute atomic E-state index is 0.723. The van der Waals surface area contributed by atoms with E-state index in [1.807, 2.05) is 0 Å². The fourth-order valence-corrected chi connectivity index (χ4v) is 6.62. The first-order chi connectivity index (χ1) is 9.58. The summed E-state index contributed by atoms with van der Waals surface area (Å²) in [6, 6.07) is 12.5. The van der Waals surface area contributed by atoms with Crippen LogP contribution in [0, 0.1) is 5.92 Å². The third-order valence-corrected chi connectivity index (χ3v) is 8.38. The van der Waals surface area contributed by atoms with Gasteiger partial charge in [-0.15, -0.1) is 0 Å². The van der Waals surface area contributed by atoms with Crippen LogP contribution < -0.4 is 5.19 Å². The summed E-state index contributed by atoms with van der Waals surface area (Å²) in [5.41, 5.74) is 5.18. The molecule has 0 nitrogen and oxygen atoms in total. The Morgan fingerprint density at radius 1 is 1.05 bits per heavy atom. The summed E-state index contributed by atoms with van der Waals surface area (Å²) < 4.78 is 0. The first kappa shape index (κ1) is 13.9. The molecule has 3 rings (SSSR count). The average Bonchev–Trinajstić information content (AvgIpc) is 2.76. The summed E-state index contributed by atoms with van der Waals surface area (Å²) in [7, 11) is -1.35. The molecule has 1 atom stereocenters. The van der Waals surface area contributed by atoms with Gasteiger partial charge >= 0.3 is 0 Å². The Bertz CT molecular complexity index is 548. The Morgan fingerprint density at radius 3 is 2.45 bits per heavy atom. The predicted molar refractivity (Wildman–Crippen MR) is 91.1 cm³/mol. The summed E-state index contributed by atoms with van der Waals surface area (Å²) in [5.74, 6) is 0.723. The van der Waals surface area contributed by atoms with Crippen LogP contribution in [0.3, 0.4) is 0 Å². The zero-order chi connectivity index (χ0) is 14.2. The van der Waals surface area contributed by atoms with Crippen molar-refractivity contribution in [2.45, 2.75) is 51.7 Å². The molecule has 0 N–H and O–H groups in total. The fourth-order valence-electron chi connectivity index (χ4n) is 3.89. The minimum atomic E-state index is -1.35. The van der Waals surface area contributed by atoms with E-state index in [1.54, 1.807) is 21.9 Å². The summed E-state index contributed by atoms with van der Waals surface area (Å²) in [4.78, 5) is 0. The van der Waals surface area contributed by atoms with Crippen molar-refractivity contribution in [2.24, 2.45) is 5.92 Å². The summed E-state index contributed by atoms with van der Waals surface area (Å²) in [6.07, 6.45) is 8.05. The molecule has 0 aliphatic heterocycles. The Kier molecular flexibility index (Phi) is 3.72. The number of hydrogen-bond donors (Lipinski definition) is 0. The monoisotopic (exact) mass is 282 g/mol. The van der Waals surface area contributed by atoms with Gasteiger partial charge in [-0.05, 0) is 43.2 Å². The highest BCUT2D eigenvalue weighted by Crippen LogP contribution is 2.42. The Labute approximate surface area is 124 Å². The van der Waals surface area contributed by atoms with Crippen LogP contribution in [0.4, 0.5) is 0 Å². The van der Waals surface area contributed by atoms with Gasteiger partial charge in [0, 0.05) is 0 Å². The Balaban J connectivity index is 1.79. The highest BCUT2D eigenvalue weighted by molar-refractivity contribution is 6.90. The van der Waals surface area contributed by atoms with E-state index in [4.69, 9.17) is 0 Å². The maximum absolute atomic E-state index is 2.57. The van der Waals surface area contributed by atoms with Crippen molar-refractivity contribution < 1.29 is 0 Å². The number of rotatable bonds is 3. The van der Waals surface area contributed by atoms with Gasteiger partial charge in [0.1, 0.15) is 0 Å². The number of allylic oxidation sites excluding steroid dienone is 4. The zero-order valence-electron chi connectivity index (χ0n) is 13.1. The molecule has 1 aromatic rings. The molecule has 1 heteroatoms. The molecule has 0 spiro atoms. The van der Waals surface area contributed by atoms with Gasteiger partial charge in [-0.1, -0.05) is 72.8 Å². The topological polar surface area (TPSA) is 0 Å². The van der Waals surface area contributed by atoms with Gasteiger partial charge in [0.15, 0.2) is 0 Å². The molecule has 2 aliphatic carbocycles. The van der Waals surface area contributed by atoms with Gasteiger partial charge in [0.25, 0.3) is 0 Å². The molecule has 0 aromatic heterocycles. The van der Waals surface area contributed by atoms with Crippen LogP contribution in [0.15, 0.2) is 53.1 Å². The Morgan fingerprint density at radius 2 is 1.75 bits per heavy atom. The molecule has 0 saturated carbocycles. The van der Waals surface area contributed by atoms with Gasteiger partial charge in [-0.3, -0.25) is 0 Å². The smallest absolute Gasteiger partial charge is 0.0654 e. The van der Waals surface area contributed by atoms with Crippen LogP contribution in [0.5, 0.6) is 0 Å². The lowest BCUT2D eigenvalue weighted by atomic mass is 9.88. The molecule has 2 aliphatic rings. The molecular weight excluding hydrogens is 256 g/mol. The molecule has 106 valence electrons. The summed E-state index contributed by atoms with van der Waals surface area (Å²) >= 11 is 0. The second-order valence-corrected chi connectivity index (χ2v) is 11.8. The van der Waals surface area contributed by atoms with E-state index in [2.05, 4.69) is 56.4 Å². The molecule has 0 fully saturated rings. The maximum atomic E-state index is 2.57. The van der Waals surface area contributed by atoms with Crippen molar-refractivity contribution in [3.63, 3.8) is 0 Å². The molecule has 0 saturated heterocycles. The SMILES string of the molecule is CC1C(C[Si](C)(C)c2ccccc2)=CC2=C1CCCC2. The lowest BCUT2D eigenvalue weighted by Gasteiger charge is -2.26. The fraction of sp³-hybridized carbons (Fsp3) is 0.474. The van der Waals surface area contributed by atoms with Gasteiger partial charge in [-0.2, -0.15) is 0 Å². The van der Waals surface area contributed by atoms with Crippen LogP contribution in [0.25, 0.3) is 0 Å². The van der Waals surface area contributed by atoms with E-state index in [9.17, 15) is 0 Å². The Hall–Kier alpha value is -1.08. The van der Waals surface area contributed by atoms with E-state index < -0.39 is 8.07 Å². The first-order valence-electron chi connectivity index (χ1n) is 8.06. The molecule has 20 heavy (non-hydrogen) atoms. The van der Waals surface area contributed by atoms with Crippen molar-refractivity contribution >= 4 is 13.3 Å². The second kappa shape index (κ2) is 5.36. The highest BCUT2D eigenvalue weighted by Gasteiger charge is 2.31. The standard InChI is InChI=1S/C19H26Si/c1-15-17(13-16-9-7-8-12-19(15)16)14-20(2,3)18-10-5-4-6-11-18/h4-6,10-11,13,15H,7-9,12,14H2,1-3H3. The van der Waals surface area contributed by atoms with Crippen LogP contribution in [0.2, 0.25) is 19.1 Å². The predicted octanol–water partition coefficient (Wildman–Crippen LogP) is 5.05. The van der Waals surface area contributed by atoms with Crippen molar-refractivity contribution in [1.82, 2.24) is 0 Å². The normalized spacial score (nSPS) is 22.8. The molecule has 0 amide bonds. The maximum Gasteiger partial charge on any atom is 0.0846 e. The second-order valence-electron chi connectivity index (χ2n) is 7.13. The third kappa shape index (κ3) is 2.56.